The number of benzene rings is 2. The first kappa shape index (κ1) is 18.9. The summed E-state index contributed by atoms with van der Waals surface area (Å²) in [6, 6.07) is 11.0. The number of hydrogen-bond donors (Lipinski definition) is 1. The van der Waals surface area contributed by atoms with E-state index in [1.807, 2.05) is 0 Å². The topological polar surface area (TPSA) is 55.4 Å². The predicted molar refractivity (Wildman–Crippen MR) is 88.6 cm³/mol. The average Bonchev–Trinajstić information content (AvgIpc) is 2.59. The molecule has 0 spiro atoms. The van der Waals surface area contributed by atoms with Gasteiger partial charge in [-0.3, -0.25) is 4.79 Å². The molecular formula is C17H14F3NO3S. The molecule has 2 rings (SSSR count). The van der Waals surface area contributed by atoms with Gasteiger partial charge in [0.15, 0.2) is 0 Å². The van der Waals surface area contributed by atoms with Crippen LogP contribution in [0.15, 0.2) is 53.4 Å². The molecule has 0 radical (unpaired) electrons. The molecule has 0 atom stereocenters. The number of halogens is 3. The number of hydrogen-bond acceptors (Lipinski definition) is 4. The van der Waals surface area contributed by atoms with Crippen molar-refractivity contribution in [3.05, 3.63) is 59.7 Å². The highest BCUT2D eigenvalue weighted by molar-refractivity contribution is 8.00. The normalized spacial score (nSPS) is 11.0. The molecule has 0 bridgehead atoms. The SMILES string of the molecule is COC(=O)c1ccccc1NC(=O)CSc1cccc(C(F)(F)F)c1. The van der Waals surface area contributed by atoms with Crippen LogP contribution in [0, 0.1) is 0 Å². The van der Waals surface area contributed by atoms with Crippen LogP contribution in [0.2, 0.25) is 0 Å². The van der Waals surface area contributed by atoms with Crippen LogP contribution in [-0.4, -0.2) is 24.7 Å². The first-order valence-electron chi connectivity index (χ1n) is 7.08. The van der Waals surface area contributed by atoms with Crippen LogP contribution in [0.5, 0.6) is 0 Å². The van der Waals surface area contributed by atoms with Gasteiger partial charge in [0.05, 0.1) is 29.7 Å². The summed E-state index contributed by atoms with van der Waals surface area (Å²) >= 11 is 0.970. The zero-order valence-corrected chi connectivity index (χ0v) is 13.9. The number of carbonyl (C=O) groups excluding carboxylic acids is 2. The van der Waals surface area contributed by atoms with Gasteiger partial charge in [-0.1, -0.05) is 18.2 Å². The Bertz CT molecular complexity index is 778. The van der Waals surface area contributed by atoms with Crippen molar-refractivity contribution in [3.8, 4) is 0 Å². The maximum Gasteiger partial charge on any atom is 0.416 e. The molecule has 25 heavy (non-hydrogen) atoms. The van der Waals surface area contributed by atoms with Gasteiger partial charge in [0.2, 0.25) is 5.91 Å². The minimum atomic E-state index is -4.43. The Morgan fingerprint density at radius 3 is 2.52 bits per heavy atom. The Morgan fingerprint density at radius 2 is 1.84 bits per heavy atom. The average molecular weight is 369 g/mol. The Hall–Kier alpha value is -2.48. The third kappa shape index (κ3) is 5.25. The Morgan fingerprint density at radius 1 is 1.12 bits per heavy atom. The first-order chi connectivity index (χ1) is 11.8. The second kappa shape index (κ2) is 8.06. The number of alkyl halides is 3. The van der Waals surface area contributed by atoms with Crippen molar-refractivity contribution in [1.82, 2.24) is 0 Å². The summed E-state index contributed by atoms with van der Waals surface area (Å²) in [6.45, 7) is 0. The van der Waals surface area contributed by atoms with Gasteiger partial charge in [-0.05, 0) is 30.3 Å². The van der Waals surface area contributed by atoms with Crippen molar-refractivity contribution in [2.45, 2.75) is 11.1 Å². The summed E-state index contributed by atoms with van der Waals surface area (Å²) in [7, 11) is 1.23. The lowest BCUT2D eigenvalue weighted by molar-refractivity contribution is -0.137. The Kier molecular flexibility index (Phi) is 6.08. The summed E-state index contributed by atoms with van der Waals surface area (Å²) in [5.41, 5.74) is -0.291. The zero-order chi connectivity index (χ0) is 18.4. The van der Waals surface area contributed by atoms with E-state index < -0.39 is 23.6 Å². The number of carbonyl (C=O) groups is 2. The van der Waals surface area contributed by atoms with Crippen LogP contribution in [-0.2, 0) is 15.7 Å². The van der Waals surface area contributed by atoms with Gasteiger partial charge in [0.25, 0.3) is 0 Å². The third-order valence-electron chi connectivity index (χ3n) is 3.14. The molecule has 132 valence electrons. The minimum absolute atomic E-state index is 0.100. The van der Waals surface area contributed by atoms with Crippen LogP contribution in [0.25, 0.3) is 0 Å². The maximum atomic E-state index is 12.7. The number of esters is 1. The van der Waals surface area contributed by atoms with E-state index in [9.17, 15) is 22.8 Å². The number of ether oxygens (including phenoxy) is 1. The third-order valence-corrected chi connectivity index (χ3v) is 4.13. The molecule has 0 aliphatic carbocycles. The molecule has 8 heteroatoms. The highest BCUT2D eigenvalue weighted by Gasteiger charge is 2.30. The van der Waals surface area contributed by atoms with E-state index in [-0.39, 0.29) is 17.0 Å². The van der Waals surface area contributed by atoms with E-state index >= 15 is 0 Å². The van der Waals surface area contributed by atoms with Crippen LogP contribution in [0.4, 0.5) is 18.9 Å². The lowest BCUT2D eigenvalue weighted by Crippen LogP contribution is -2.17. The molecule has 0 saturated heterocycles. The van der Waals surface area contributed by atoms with Gasteiger partial charge in [-0.25, -0.2) is 4.79 Å². The highest BCUT2D eigenvalue weighted by Crippen LogP contribution is 2.31. The van der Waals surface area contributed by atoms with Crippen molar-refractivity contribution in [2.75, 3.05) is 18.2 Å². The van der Waals surface area contributed by atoms with Crippen molar-refractivity contribution in [1.29, 1.82) is 0 Å². The van der Waals surface area contributed by atoms with Gasteiger partial charge in [0, 0.05) is 4.90 Å². The number of nitrogens with one attached hydrogen (secondary N) is 1. The Balaban J connectivity index is 2.02. The maximum absolute atomic E-state index is 12.7. The minimum Gasteiger partial charge on any atom is -0.465 e. The number of rotatable bonds is 5. The van der Waals surface area contributed by atoms with Crippen LogP contribution in [0.1, 0.15) is 15.9 Å². The monoisotopic (exact) mass is 369 g/mol. The number of methoxy groups -OCH3 is 1. The molecule has 0 saturated carbocycles. The van der Waals surface area contributed by atoms with Crippen LogP contribution >= 0.6 is 11.8 Å². The van der Waals surface area contributed by atoms with Crippen molar-refractivity contribution >= 4 is 29.3 Å². The fourth-order valence-corrected chi connectivity index (χ4v) is 2.73. The van der Waals surface area contributed by atoms with E-state index in [2.05, 4.69) is 10.1 Å². The molecule has 1 N–H and O–H groups in total. The lowest BCUT2D eigenvalue weighted by Gasteiger charge is -2.10. The molecule has 2 aromatic rings. The number of thioether (sulfide) groups is 1. The fraction of sp³-hybridized carbons (Fsp3) is 0.176. The summed E-state index contributed by atoms with van der Waals surface area (Å²) < 4.78 is 42.7. The van der Waals surface area contributed by atoms with Gasteiger partial charge in [-0.15, -0.1) is 11.8 Å². The van der Waals surface area contributed by atoms with Crippen LogP contribution < -0.4 is 5.32 Å². The molecule has 2 aromatic carbocycles. The highest BCUT2D eigenvalue weighted by atomic mass is 32.2. The van der Waals surface area contributed by atoms with Crippen molar-refractivity contribution in [3.63, 3.8) is 0 Å². The van der Waals surface area contributed by atoms with E-state index in [4.69, 9.17) is 0 Å². The summed E-state index contributed by atoms with van der Waals surface area (Å²) in [5, 5.41) is 2.56. The number of amides is 1. The number of para-hydroxylation sites is 1. The van der Waals surface area contributed by atoms with Gasteiger partial charge in [0.1, 0.15) is 0 Å². The lowest BCUT2D eigenvalue weighted by atomic mass is 10.2. The zero-order valence-electron chi connectivity index (χ0n) is 13.1. The summed E-state index contributed by atoms with van der Waals surface area (Å²) in [6.07, 6.45) is -4.43. The molecule has 0 unspecified atom stereocenters. The van der Waals surface area contributed by atoms with E-state index in [1.165, 1.54) is 25.3 Å². The van der Waals surface area contributed by atoms with Gasteiger partial charge < -0.3 is 10.1 Å². The molecule has 0 heterocycles. The van der Waals surface area contributed by atoms with Crippen molar-refractivity contribution in [2.24, 2.45) is 0 Å². The first-order valence-corrected chi connectivity index (χ1v) is 8.07. The second-order valence-electron chi connectivity index (χ2n) is 4.90. The summed E-state index contributed by atoms with van der Waals surface area (Å²) in [5.74, 6) is -1.14. The molecule has 1 amide bonds. The second-order valence-corrected chi connectivity index (χ2v) is 5.95. The standard InChI is InChI=1S/C17H14F3NO3S/c1-24-16(23)13-7-2-3-8-14(13)21-15(22)10-25-12-6-4-5-11(9-12)17(18,19)20/h2-9H,10H2,1H3,(H,21,22). The van der Waals surface area contributed by atoms with Crippen LogP contribution in [0.3, 0.4) is 0 Å². The molecule has 0 aliphatic heterocycles. The Labute approximate surface area is 146 Å². The summed E-state index contributed by atoms with van der Waals surface area (Å²) in [4.78, 5) is 24.0. The van der Waals surface area contributed by atoms with Gasteiger partial charge in [-0.2, -0.15) is 13.2 Å². The molecule has 4 nitrogen and oxygen atoms in total. The predicted octanol–water partition coefficient (Wildman–Crippen LogP) is 4.22. The van der Waals surface area contributed by atoms with Crippen molar-refractivity contribution < 1.29 is 27.5 Å². The molecule has 0 fully saturated rings. The quantitative estimate of drug-likeness (QED) is 0.633. The van der Waals surface area contributed by atoms with E-state index in [0.29, 0.717) is 4.90 Å². The van der Waals surface area contributed by atoms with E-state index in [0.717, 1.165) is 23.9 Å². The van der Waals surface area contributed by atoms with E-state index in [1.54, 1.807) is 18.2 Å². The molecular weight excluding hydrogens is 355 g/mol. The largest absolute Gasteiger partial charge is 0.465 e. The number of anilines is 1. The smallest absolute Gasteiger partial charge is 0.416 e. The van der Waals surface area contributed by atoms with Gasteiger partial charge >= 0.3 is 12.1 Å². The molecule has 0 aliphatic rings. The fourth-order valence-electron chi connectivity index (χ4n) is 1.98. The molecule has 0 aromatic heterocycles.